The van der Waals surface area contributed by atoms with E-state index in [1.807, 2.05) is 18.2 Å². The largest absolute Gasteiger partial charge is 0.492 e. The number of piperidine rings is 1. The molecule has 0 spiro atoms. The summed E-state index contributed by atoms with van der Waals surface area (Å²) in [6.07, 6.45) is 2.38. The zero-order valence-corrected chi connectivity index (χ0v) is 15.4. The van der Waals surface area contributed by atoms with Gasteiger partial charge in [0.1, 0.15) is 12.4 Å². The van der Waals surface area contributed by atoms with Crippen molar-refractivity contribution in [3.05, 3.63) is 29.3 Å². The van der Waals surface area contributed by atoms with Crippen LogP contribution in [0.4, 0.5) is 0 Å². The summed E-state index contributed by atoms with van der Waals surface area (Å²) < 4.78 is 5.58. The van der Waals surface area contributed by atoms with Crippen LogP contribution in [0.5, 0.6) is 5.75 Å². The average molecular weight is 424 g/mol. The molecule has 0 atom stereocenters. The molecule has 4 nitrogen and oxygen atoms in total. The molecule has 0 saturated carbocycles. The summed E-state index contributed by atoms with van der Waals surface area (Å²) in [6, 6.07) is 7.36. The van der Waals surface area contributed by atoms with Crippen LogP contribution in [0, 0.1) is 5.92 Å². The van der Waals surface area contributed by atoms with Gasteiger partial charge in [-0.3, -0.25) is 0 Å². The molecule has 2 rings (SSSR count). The van der Waals surface area contributed by atoms with Crippen molar-refractivity contribution in [2.24, 2.45) is 16.6 Å². The van der Waals surface area contributed by atoms with E-state index in [2.05, 4.69) is 16.8 Å². The highest BCUT2D eigenvalue weighted by Gasteiger charge is 2.16. The third-order valence-electron chi connectivity index (χ3n) is 3.54. The van der Waals surface area contributed by atoms with Crippen LogP contribution in [0.2, 0.25) is 5.02 Å². The summed E-state index contributed by atoms with van der Waals surface area (Å²) in [5, 5.41) is 0.674. The second kappa shape index (κ2) is 9.35. The molecule has 2 N–H and O–H groups in total. The van der Waals surface area contributed by atoms with Gasteiger partial charge in [0.05, 0.1) is 6.54 Å². The van der Waals surface area contributed by atoms with Gasteiger partial charge in [-0.05, 0) is 37.0 Å². The lowest BCUT2D eigenvalue weighted by Gasteiger charge is -2.31. The van der Waals surface area contributed by atoms with E-state index in [4.69, 9.17) is 22.1 Å². The Hall–Kier alpha value is -0.690. The van der Waals surface area contributed by atoms with Gasteiger partial charge in [0.25, 0.3) is 0 Å². The van der Waals surface area contributed by atoms with Crippen molar-refractivity contribution in [3.8, 4) is 5.75 Å². The van der Waals surface area contributed by atoms with Crippen LogP contribution >= 0.6 is 35.6 Å². The number of hydrogen-bond donors (Lipinski definition) is 1. The van der Waals surface area contributed by atoms with E-state index in [0.717, 1.165) is 24.8 Å². The molecule has 0 aliphatic carbocycles. The summed E-state index contributed by atoms with van der Waals surface area (Å²) in [4.78, 5) is 6.52. The third kappa shape index (κ3) is 6.30. The number of nitrogens with zero attached hydrogens (tertiary/aromatic N) is 2. The zero-order chi connectivity index (χ0) is 14.4. The van der Waals surface area contributed by atoms with Gasteiger partial charge in [0, 0.05) is 18.1 Å². The fourth-order valence-corrected chi connectivity index (χ4v) is 2.40. The zero-order valence-electron chi connectivity index (χ0n) is 12.3. The third-order valence-corrected chi connectivity index (χ3v) is 3.77. The Bertz CT molecular complexity index is 462. The molecule has 0 bridgehead atoms. The summed E-state index contributed by atoms with van der Waals surface area (Å²) in [6.45, 7) is 5.36. The number of benzene rings is 1. The van der Waals surface area contributed by atoms with Gasteiger partial charge in [-0.2, -0.15) is 0 Å². The quantitative estimate of drug-likeness (QED) is 0.350. The first kappa shape index (κ1) is 18.4. The van der Waals surface area contributed by atoms with Gasteiger partial charge in [-0.15, -0.1) is 24.0 Å². The molecular weight excluding hydrogens is 401 g/mol. The lowest BCUT2D eigenvalue weighted by atomic mass is 10.00. The molecule has 1 fully saturated rings. The molecular formula is C15H23ClIN3O. The second-order valence-corrected chi connectivity index (χ2v) is 5.65. The number of aliphatic imine (C=N–C) groups is 1. The Morgan fingerprint density at radius 2 is 2.14 bits per heavy atom. The Kier molecular flexibility index (Phi) is 8.18. The topological polar surface area (TPSA) is 50.8 Å². The first-order valence-electron chi connectivity index (χ1n) is 7.08. The number of rotatable bonds is 4. The van der Waals surface area contributed by atoms with Crippen LogP contribution in [-0.2, 0) is 0 Å². The Labute approximate surface area is 148 Å². The molecule has 1 heterocycles. The minimum Gasteiger partial charge on any atom is -0.492 e. The highest BCUT2D eigenvalue weighted by molar-refractivity contribution is 14.0. The second-order valence-electron chi connectivity index (χ2n) is 5.22. The van der Waals surface area contributed by atoms with Crippen LogP contribution in [0.3, 0.4) is 0 Å². The number of ether oxygens (including phenoxy) is 1. The van der Waals surface area contributed by atoms with Gasteiger partial charge in [-0.25, -0.2) is 4.99 Å². The lowest BCUT2D eigenvalue weighted by molar-refractivity contribution is 0.276. The van der Waals surface area contributed by atoms with Gasteiger partial charge in [-0.1, -0.05) is 24.6 Å². The van der Waals surface area contributed by atoms with Crippen LogP contribution in [0.1, 0.15) is 19.8 Å². The van der Waals surface area contributed by atoms with Gasteiger partial charge >= 0.3 is 0 Å². The van der Waals surface area contributed by atoms with Gasteiger partial charge < -0.3 is 15.4 Å². The van der Waals surface area contributed by atoms with E-state index in [0.29, 0.717) is 24.1 Å². The fraction of sp³-hybridized carbons (Fsp3) is 0.533. The number of guanidine groups is 1. The minimum atomic E-state index is 0. The standard InChI is InChI=1S/C15H22ClN3O.HI/c1-12-5-8-19(9-6-12)15(17)18-7-10-20-14-4-2-3-13(16)11-14;/h2-4,11-12H,5-10H2,1H3,(H2,17,18);1H. The number of likely N-dealkylation sites (tertiary alicyclic amines) is 1. The van der Waals surface area contributed by atoms with E-state index < -0.39 is 0 Å². The van der Waals surface area contributed by atoms with Gasteiger partial charge in [0.15, 0.2) is 5.96 Å². The molecule has 1 aromatic carbocycles. The molecule has 0 unspecified atom stereocenters. The molecule has 1 aliphatic heterocycles. The van der Waals surface area contributed by atoms with E-state index >= 15 is 0 Å². The van der Waals surface area contributed by atoms with E-state index in [1.165, 1.54) is 12.8 Å². The van der Waals surface area contributed by atoms with Crippen molar-refractivity contribution in [1.29, 1.82) is 0 Å². The van der Waals surface area contributed by atoms with Gasteiger partial charge in [0.2, 0.25) is 0 Å². The Balaban J connectivity index is 0.00000220. The maximum Gasteiger partial charge on any atom is 0.191 e. The molecule has 1 aliphatic rings. The van der Waals surface area contributed by atoms with E-state index in [9.17, 15) is 0 Å². The SMILES string of the molecule is CC1CCN(C(N)=NCCOc2cccc(Cl)c2)CC1.I. The first-order valence-corrected chi connectivity index (χ1v) is 7.46. The summed E-state index contributed by atoms with van der Waals surface area (Å²) in [7, 11) is 0. The van der Waals surface area contributed by atoms with Crippen molar-refractivity contribution >= 4 is 41.5 Å². The molecule has 21 heavy (non-hydrogen) atoms. The molecule has 1 aromatic rings. The number of halogens is 2. The highest BCUT2D eigenvalue weighted by Crippen LogP contribution is 2.17. The van der Waals surface area contributed by atoms with Crippen LogP contribution in [0.15, 0.2) is 29.3 Å². The molecule has 6 heteroatoms. The highest BCUT2D eigenvalue weighted by atomic mass is 127. The Morgan fingerprint density at radius 3 is 2.81 bits per heavy atom. The van der Waals surface area contributed by atoms with Crippen LogP contribution in [-0.4, -0.2) is 37.1 Å². The molecule has 0 amide bonds. The van der Waals surface area contributed by atoms with Crippen LogP contribution in [0.25, 0.3) is 0 Å². The van der Waals surface area contributed by atoms with Crippen molar-refractivity contribution in [2.75, 3.05) is 26.2 Å². The predicted molar refractivity (Wildman–Crippen MR) is 98.8 cm³/mol. The lowest BCUT2D eigenvalue weighted by Crippen LogP contribution is -2.42. The minimum absolute atomic E-state index is 0. The van der Waals surface area contributed by atoms with Crippen molar-refractivity contribution in [3.63, 3.8) is 0 Å². The maximum absolute atomic E-state index is 6.00. The summed E-state index contributed by atoms with van der Waals surface area (Å²) in [5.41, 5.74) is 6.00. The molecule has 0 radical (unpaired) electrons. The van der Waals surface area contributed by atoms with Crippen molar-refractivity contribution < 1.29 is 4.74 Å². The normalized spacial score (nSPS) is 16.5. The summed E-state index contributed by atoms with van der Waals surface area (Å²) in [5.74, 6) is 2.19. The van der Waals surface area contributed by atoms with Crippen LogP contribution < -0.4 is 10.5 Å². The molecule has 0 aromatic heterocycles. The fourth-order valence-electron chi connectivity index (χ4n) is 2.22. The predicted octanol–water partition coefficient (Wildman–Crippen LogP) is 3.38. The monoisotopic (exact) mass is 423 g/mol. The number of hydrogen-bond acceptors (Lipinski definition) is 2. The maximum atomic E-state index is 6.00. The summed E-state index contributed by atoms with van der Waals surface area (Å²) >= 11 is 5.89. The smallest absolute Gasteiger partial charge is 0.191 e. The van der Waals surface area contributed by atoms with Crippen molar-refractivity contribution in [1.82, 2.24) is 4.90 Å². The van der Waals surface area contributed by atoms with E-state index in [-0.39, 0.29) is 24.0 Å². The first-order chi connectivity index (χ1) is 9.65. The number of nitrogens with two attached hydrogens (primary N) is 1. The average Bonchev–Trinajstić information content (AvgIpc) is 2.44. The van der Waals surface area contributed by atoms with Crippen molar-refractivity contribution in [2.45, 2.75) is 19.8 Å². The Morgan fingerprint density at radius 1 is 1.43 bits per heavy atom. The molecule has 118 valence electrons. The molecule has 1 saturated heterocycles. The van der Waals surface area contributed by atoms with E-state index in [1.54, 1.807) is 6.07 Å².